The molecule has 2 aliphatic rings. The lowest BCUT2D eigenvalue weighted by Gasteiger charge is -2.23. The zero-order valence-electron chi connectivity index (χ0n) is 16.0. The van der Waals surface area contributed by atoms with Gasteiger partial charge in [-0.1, -0.05) is 23.7 Å². The molecule has 1 aromatic heterocycles. The summed E-state index contributed by atoms with van der Waals surface area (Å²) in [7, 11) is 0. The van der Waals surface area contributed by atoms with E-state index in [1.807, 2.05) is 6.07 Å². The molecule has 1 fully saturated rings. The monoisotopic (exact) mass is 406 g/mol. The van der Waals surface area contributed by atoms with Gasteiger partial charge in [0.1, 0.15) is 5.02 Å². The number of halogens is 1. The van der Waals surface area contributed by atoms with Crippen molar-refractivity contribution in [3.05, 3.63) is 64.8 Å². The van der Waals surface area contributed by atoms with Gasteiger partial charge >= 0.3 is 0 Å². The second-order valence-electron chi connectivity index (χ2n) is 7.68. The number of fused-ring (bicyclic) bond motifs is 6. The molecule has 2 aromatic carbocycles. The second kappa shape index (κ2) is 7.54. The molecule has 4 N–H and O–H groups in total. The molecule has 3 aromatic rings. The Morgan fingerprint density at radius 2 is 1.97 bits per heavy atom. The highest BCUT2D eigenvalue weighted by atomic mass is 35.5. The summed E-state index contributed by atoms with van der Waals surface area (Å²) in [5.74, 6) is 1.10. The third-order valence-electron chi connectivity index (χ3n) is 5.52. The van der Waals surface area contributed by atoms with Gasteiger partial charge in [0.05, 0.1) is 6.20 Å². The predicted octanol–water partition coefficient (Wildman–Crippen LogP) is 4.25. The molecule has 0 amide bonds. The molecular weight excluding hydrogens is 384 g/mol. The quantitative estimate of drug-likeness (QED) is 0.560. The second-order valence-corrected chi connectivity index (χ2v) is 8.09. The molecule has 6 bridgehead atoms. The van der Waals surface area contributed by atoms with E-state index < -0.39 is 0 Å². The minimum absolute atomic E-state index is 0.246. The van der Waals surface area contributed by atoms with Crippen molar-refractivity contribution in [2.75, 3.05) is 28.6 Å². The van der Waals surface area contributed by atoms with Crippen LogP contribution < -0.4 is 21.3 Å². The van der Waals surface area contributed by atoms with Gasteiger partial charge in [-0.15, -0.1) is 0 Å². The van der Waals surface area contributed by atoms with E-state index in [-0.39, 0.29) is 6.04 Å². The summed E-state index contributed by atoms with van der Waals surface area (Å²) in [6, 6.07) is 15.1. The fourth-order valence-electron chi connectivity index (χ4n) is 4.04. The van der Waals surface area contributed by atoms with E-state index in [0.717, 1.165) is 43.7 Å². The molecule has 0 saturated carbocycles. The maximum Gasteiger partial charge on any atom is 0.229 e. The minimum Gasteiger partial charge on any atom is -0.370 e. The molecule has 6 nitrogen and oxygen atoms in total. The number of anilines is 5. The van der Waals surface area contributed by atoms with Crippen LogP contribution in [0.2, 0.25) is 5.02 Å². The lowest BCUT2D eigenvalue weighted by atomic mass is 10.0. The van der Waals surface area contributed by atoms with Crippen molar-refractivity contribution >= 4 is 40.4 Å². The summed E-state index contributed by atoms with van der Waals surface area (Å²) in [6.45, 7) is 1.90. The van der Waals surface area contributed by atoms with Gasteiger partial charge in [0.15, 0.2) is 5.82 Å². The van der Waals surface area contributed by atoms with Gasteiger partial charge in [0.2, 0.25) is 5.95 Å². The van der Waals surface area contributed by atoms with Gasteiger partial charge in [-0.2, -0.15) is 4.98 Å². The third-order valence-corrected chi connectivity index (χ3v) is 5.79. The number of nitrogens with one attached hydrogen (secondary N) is 2. The third kappa shape index (κ3) is 3.86. The van der Waals surface area contributed by atoms with Crippen molar-refractivity contribution in [3.63, 3.8) is 0 Å². The molecule has 0 radical (unpaired) electrons. The molecule has 148 valence electrons. The molecule has 1 atom stereocenters. The number of nitrogens with two attached hydrogens (primary N) is 1. The van der Waals surface area contributed by atoms with E-state index >= 15 is 0 Å². The van der Waals surface area contributed by atoms with Crippen LogP contribution in [0.5, 0.6) is 0 Å². The standard InChI is InChI=1S/C22H23ClN6/c23-19-12-25-22-27-17-3-1-2-14(10-17)4-5-15-11-18(26-21(19)28-22)6-7-20(15)29-9-8-16(24)13-29/h1-3,6-7,10-12,16H,4-5,8-9,13,24H2,(H2,25,26,27,28). The Hall–Kier alpha value is -2.83. The van der Waals surface area contributed by atoms with Crippen molar-refractivity contribution in [3.8, 4) is 0 Å². The summed E-state index contributed by atoms with van der Waals surface area (Å²) < 4.78 is 0. The highest BCUT2D eigenvalue weighted by Gasteiger charge is 2.22. The van der Waals surface area contributed by atoms with Crippen LogP contribution in [0.1, 0.15) is 17.5 Å². The number of benzene rings is 2. The Kier molecular flexibility index (Phi) is 4.73. The molecule has 3 heterocycles. The smallest absolute Gasteiger partial charge is 0.229 e. The molecule has 29 heavy (non-hydrogen) atoms. The minimum atomic E-state index is 0.246. The van der Waals surface area contributed by atoms with E-state index in [0.29, 0.717) is 16.8 Å². The summed E-state index contributed by atoms with van der Waals surface area (Å²) in [5, 5.41) is 7.11. The van der Waals surface area contributed by atoms with Crippen molar-refractivity contribution < 1.29 is 0 Å². The maximum absolute atomic E-state index is 6.35. The predicted molar refractivity (Wildman–Crippen MR) is 119 cm³/mol. The Morgan fingerprint density at radius 3 is 2.83 bits per heavy atom. The van der Waals surface area contributed by atoms with E-state index in [1.165, 1.54) is 16.8 Å². The molecule has 0 aliphatic carbocycles. The highest BCUT2D eigenvalue weighted by Crippen LogP contribution is 2.32. The first kappa shape index (κ1) is 18.2. The number of aryl methyl sites for hydroxylation is 2. The first-order chi connectivity index (χ1) is 14.1. The van der Waals surface area contributed by atoms with Gasteiger partial charge < -0.3 is 21.3 Å². The molecule has 1 unspecified atom stereocenters. The lowest BCUT2D eigenvalue weighted by molar-refractivity contribution is 0.752. The van der Waals surface area contributed by atoms with Crippen molar-refractivity contribution in [2.24, 2.45) is 5.73 Å². The largest absolute Gasteiger partial charge is 0.370 e. The SMILES string of the molecule is NC1CCN(c2ccc3cc2CCc2cccc(c2)Nc2ncc(Cl)c(n2)N3)C1. The van der Waals surface area contributed by atoms with Crippen molar-refractivity contribution in [1.82, 2.24) is 9.97 Å². The average molecular weight is 407 g/mol. The average Bonchev–Trinajstić information content (AvgIpc) is 3.15. The number of hydrogen-bond donors (Lipinski definition) is 3. The number of aromatic nitrogens is 2. The summed E-state index contributed by atoms with van der Waals surface area (Å²) in [5.41, 5.74) is 11.9. The highest BCUT2D eigenvalue weighted by molar-refractivity contribution is 6.32. The van der Waals surface area contributed by atoms with Gasteiger partial charge in [-0.05, 0) is 60.7 Å². The molecule has 1 saturated heterocycles. The number of rotatable bonds is 1. The van der Waals surface area contributed by atoms with Crippen LogP contribution in [-0.2, 0) is 12.8 Å². The van der Waals surface area contributed by atoms with Crippen LogP contribution in [0.3, 0.4) is 0 Å². The van der Waals surface area contributed by atoms with E-state index in [4.69, 9.17) is 17.3 Å². The molecular formula is C22H23ClN6. The van der Waals surface area contributed by atoms with Gasteiger partial charge in [0.25, 0.3) is 0 Å². The van der Waals surface area contributed by atoms with Crippen LogP contribution in [0.4, 0.5) is 28.8 Å². The topological polar surface area (TPSA) is 79.1 Å². The molecule has 7 heteroatoms. The lowest BCUT2D eigenvalue weighted by Crippen LogP contribution is -2.27. The first-order valence-corrected chi connectivity index (χ1v) is 10.3. The van der Waals surface area contributed by atoms with E-state index in [1.54, 1.807) is 6.20 Å². The van der Waals surface area contributed by atoms with Crippen LogP contribution >= 0.6 is 11.6 Å². The Balaban J connectivity index is 1.58. The van der Waals surface area contributed by atoms with E-state index in [9.17, 15) is 0 Å². The van der Waals surface area contributed by atoms with Gasteiger partial charge in [0, 0.05) is 36.2 Å². The van der Waals surface area contributed by atoms with Crippen LogP contribution in [-0.4, -0.2) is 29.1 Å². The Morgan fingerprint density at radius 1 is 1.07 bits per heavy atom. The first-order valence-electron chi connectivity index (χ1n) is 9.93. The van der Waals surface area contributed by atoms with Gasteiger partial charge in [-0.3, -0.25) is 0 Å². The van der Waals surface area contributed by atoms with Crippen molar-refractivity contribution in [1.29, 1.82) is 0 Å². The van der Waals surface area contributed by atoms with Crippen LogP contribution in [0.25, 0.3) is 0 Å². The number of hydrogen-bond acceptors (Lipinski definition) is 6. The molecule has 5 rings (SSSR count). The Bertz CT molecular complexity index is 1050. The van der Waals surface area contributed by atoms with Gasteiger partial charge in [-0.25, -0.2) is 4.98 Å². The molecule has 0 spiro atoms. The maximum atomic E-state index is 6.35. The fraction of sp³-hybridized carbons (Fsp3) is 0.273. The summed E-state index contributed by atoms with van der Waals surface area (Å²) in [6.07, 6.45) is 4.54. The van der Waals surface area contributed by atoms with Crippen LogP contribution in [0.15, 0.2) is 48.7 Å². The molecule has 2 aliphatic heterocycles. The van der Waals surface area contributed by atoms with E-state index in [2.05, 4.69) is 61.9 Å². The zero-order valence-corrected chi connectivity index (χ0v) is 16.8. The summed E-state index contributed by atoms with van der Waals surface area (Å²) >= 11 is 6.35. The zero-order chi connectivity index (χ0) is 19.8. The van der Waals surface area contributed by atoms with Crippen LogP contribution in [0, 0.1) is 0 Å². The van der Waals surface area contributed by atoms with Crippen molar-refractivity contribution in [2.45, 2.75) is 25.3 Å². The Labute approximate surface area is 175 Å². The normalized spacial score (nSPS) is 18.1. The fourth-order valence-corrected chi connectivity index (χ4v) is 4.18. The summed E-state index contributed by atoms with van der Waals surface area (Å²) in [4.78, 5) is 11.3. The number of nitrogens with zero attached hydrogens (tertiary/aromatic N) is 3.